The quantitative estimate of drug-likeness (QED) is 0.308. The zero-order valence-electron chi connectivity index (χ0n) is 7.28. The number of quaternary nitrogens is 1. The Kier molecular flexibility index (Phi) is 2.08. The largest absolute Gasteiger partial charge is 0.625 e. The lowest BCUT2D eigenvalue weighted by atomic mass is 10.3. The van der Waals surface area contributed by atoms with Gasteiger partial charge in [-0.1, -0.05) is 0 Å². The number of nitro benzene ring substituents is 1. The third kappa shape index (κ3) is 1.53. The number of hydrogen-bond donors (Lipinski definition) is 0. The molecule has 80 valence electrons. The smallest absolute Gasteiger partial charge is 0.275 e. The second-order valence-electron chi connectivity index (χ2n) is 3.06. The highest BCUT2D eigenvalue weighted by Gasteiger charge is 2.32. The molecule has 0 spiro atoms. The maximum Gasteiger partial charge on any atom is 0.275 e. The van der Waals surface area contributed by atoms with Gasteiger partial charge in [0.25, 0.3) is 5.69 Å². The molecule has 0 aliphatic carbocycles. The van der Waals surface area contributed by atoms with E-state index in [9.17, 15) is 24.7 Å². The highest BCUT2D eigenvalue weighted by Crippen LogP contribution is 2.38. The van der Waals surface area contributed by atoms with Gasteiger partial charge < -0.3 is 15.2 Å². The van der Waals surface area contributed by atoms with Crippen LogP contribution in [0.15, 0.2) is 23.1 Å². The topological polar surface area (TPSA) is 106 Å². The van der Waals surface area contributed by atoms with Crippen molar-refractivity contribution in [2.75, 3.05) is 5.88 Å². The Labute approximate surface area is 86.3 Å². The zero-order valence-corrected chi connectivity index (χ0v) is 8.10. The Morgan fingerprint density at radius 2 is 2.07 bits per heavy atom. The van der Waals surface area contributed by atoms with Crippen molar-refractivity contribution in [2.24, 2.45) is 0 Å². The van der Waals surface area contributed by atoms with E-state index in [2.05, 4.69) is 0 Å². The number of fused-ring (bicyclic) bond motifs is 1. The summed E-state index contributed by atoms with van der Waals surface area (Å²) in [5, 5.41) is 33.0. The number of hydroxylamine groups is 2. The van der Waals surface area contributed by atoms with Gasteiger partial charge in [0.15, 0.2) is 11.6 Å². The molecule has 1 aliphatic rings. The third-order valence-corrected chi connectivity index (χ3v) is 3.46. The summed E-state index contributed by atoms with van der Waals surface area (Å²) < 4.78 is 11.3. The van der Waals surface area contributed by atoms with E-state index in [-0.39, 0.29) is 16.3 Å². The number of hydrogen-bond acceptors (Lipinski definition) is 5. The Hall–Kier alpha value is -1.35. The molecule has 2 rings (SSSR count). The average Bonchev–Trinajstić information content (AvgIpc) is 2.37. The van der Waals surface area contributed by atoms with Crippen LogP contribution in [0.3, 0.4) is 0 Å². The number of rotatable bonds is 1. The summed E-state index contributed by atoms with van der Waals surface area (Å²) >= 11 is 0. The van der Waals surface area contributed by atoms with Crippen LogP contribution < -0.4 is 4.81 Å². The molecule has 8 heteroatoms. The van der Waals surface area contributed by atoms with Gasteiger partial charge in [-0.3, -0.25) is 10.1 Å². The molecule has 1 aromatic carbocycles. The van der Waals surface area contributed by atoms with Crippen molar-refractivity contribution in [3.05, 3.63) is 38.7 Å². The van der Waals surface area contributed by atoms with Gasteiger partial charge in [0.1, 0.15) is 15.7 Å². The van der Waals surface area contributed by atoms with Gasteiger partial charge in [0.2, 0.25) is 0 Å². The zero-order chi connectivity index (χ0) is 11.2. The summed E-state index contributed by atoms with van der Waals surface area (Å²) in [4.78, 5) is 7.73. The van der Waals surface area contributed by atoms with Gasteiger partial charge in [0, 0.05) is 6.07 Å². The molecule has 1 heterocycles. The maximum atomic E-state index is 11.3. The van der Waals surface area contributed by atoms with Crippen LogP contribution >= 0.6 is 0 Å². The van der Waals surface area contributed by atoms with E-state index in [4.69, 9.17) is 0 Å². The molecule has 1 aromatic rings. The highest BCUT2D eigenvalue weighted by atomic mass is 32.2. The number of non-ortho nitro benzene ring substituents is 1. The SMILES string of the molecule is O=[N+]([O-])c1ccc2c(c1)[N+]([O-])([O-])CS2=O. The minimum Gasteiger partial charge on any atom is -0.625 e. The lowest BCUT2D eigenvalue weighted by Crippen LogP contribution is -2.33. The molecule has 0 bridgehead atoms. The van der Waals surface area contributed by atoms with Crippen molar-refractivity contribution in [3.8, 4) is 0 Å². The van der Waals surface area contributed by atoms with Crippen LogP contribution in [0.1, 0.15) is 0 Å². The second-order valence-corrected chi connectivity index (χ2v) is 4.45. The molecule has 1 unspecified atom stereocenters. The second kappa shape index (κ2) is 3.07. The Morgan fingerprint density at radius 1 is 1.40 bits per heavy atom. The van der Waals surface area contributed by atoms with Gasteiger partial charge in [-0.05, 0) is 6.07 Å². The monoisotopic (exact) mass is 229 g/mol. The fourth-order valence-corrected chi connectivity index (χ4v) is 2.61. The van der Waals surface area contributed by atoms with Gasteiger partial charge >= 0.3 is 0 Å². The van der Waals surface area contributed by atoms with E-state index in [1.165, 1.54) is 6.07 Å². The molecule has 0 saturated carbocycles. The van der Waals surface area contributed by atoms with E-state index in [0.717, 1.165) is 12.1 Å². The van der Waals surface area contributed by atoms with Gasteiger partial charge in [-0.15, -0.1) is 0 Å². The van der Waals surface area contributed by atoms with Crippen LogP contribution in [0.25, 0.3) is 0 Å². The Bertz CT molecular complexity index is 472. The minimum absolute atomic E-state index is 0.0885. The first-order valence-corrected chi connectivity index (χ1v) is 5.21. The first-order chi connectivity index (χ1) is 6.92. The molecule has 0 radical (unpaired) electrons. The summed E-state index contributed by atoms with van der Waals surface area (Å²) in [6, 6.07) is 3.21. The predicted molar refractivity (Wildman–Crippen MR) is 52.9 cm³/mol. The Balaban J connectivity index is 2.62. The average molecular weight is 229 g/mol. The first-order valence-electron chi connectivity index (χ1n) is 3.89. The summed E-state index contributed by atoms with van der Waals surface area (Å²) in [5.74, 6) is -0.628. The van der Waals surface area contributed by atoms with Crippen LogP contribution in [-0.2, 0) is 10.8 Å². The molecule has 0 saturated heterocycles. The van der Waals surface area contributed by atoms with Crippen LogP contribution in [0.4, 0.5) is 11.4 Å². The summed E-state index contributed by atoms with van der Waals surface area (Å²) in [6.07, 6.45) is 0. The van der Waals surface area contributed by atoms with E-state index < -0.39 is 26.4 Å². The van der Waals surface area contributed by atoms with Crippen molar-refractivity contribution in [3.63, 3.8) is 0 Å². The Morgan fingerprint density at radius 3 is 2.67 bits per heavy atom. The predicted octanol–water partition coefficient (Wildman–Crippen LogP) is 0.976. The van der Waals surface area contributed by atoms with Crippen molar-refractivity contribution in [2.45, 2.75) is 4.90 Å². The molecule has 0 N–H and O–H groups in total. The van der Waals surface area contributed by atoms with Crippen molar-refractivity contribution >= 4 is 22.2 Å². The van der Waals surface area contributed by atoms with E-state index in [0.29, 0.717) is 0 Å². The van der Waals surface area contributed by atoms with Gasteiger partial charge in [-0.2, -0.15) is 0 Å². The molecule has 0 amide bonds. The summed E-state index contributed by atoms with van der Waals surface area (Å²) in [7, 11) is -1.66. The molecule has 7 nitrogen and oxygen atoms in total. The molecular formula is C7H5N2O5S-. The van der Waals surface area contributed by atoms with E-state index in [1.54, 1.807) is 0 Å². The molecule has 15 heavy (non-hydrogen) atoms. The van der Waals surface area contributed by atoms with Crippen LogP contribution in [-0.4, -0.2) is 15.0 Å². The molecule has 0 fully saturated rings. The summed E-state index contributed by atoms with van der Waals surface area (Å²) in [5.41, 5.74) is -0.676. The van der Waals surface area contributed by atoms with Gasteiger partial charge in [0.05, 0.1) is 11.0 Å². The van der Waals surface area contributed by atoms with Crippen molar-refractivity contribution in [1.29, 1.82) is 0 Å². The van der Waals surface area contributed by atoms with E-state index in [1.807, 2.05) is 0 Å². The van der Waals surface area contributed by atoms with E-state index >= 15 is 0 Å². The van der Waals surface area contributed by atoms with Gasteiger partial charge in [-0.25, -0.2) is 4.21 Å². The molecule has 1 atom stereocenters. The fourth-order valence-electron chi connectivity index (χ4n) is 1.37. The number of benzene rings is 1. The minimum atomic E-state index is -2.07. The lowest BCUT2D eigenvalue weighted by molar-refractivity contribution is -0.384. The molecular weight excluding hydrogens is 224 g/mol. The number of nitrogens with zero attached hydrogens (tertiary/aromatic N) is 2. The van der Waals surface area contributed by atoms with Crippen LogP contribution in [0.5, 0.6) is 0 Å². The normalized spacial score (nSPS) is 22.4. The third-order valence-electron chi connectivity index (χ3n) is 2.05. The molecule has 1 aliphatic heterocycles. The summed E-state index contributed by atoms with van der Waals surface area (Å²) in [6.45, 7) is 0. The first kappa shape index (κ1) is 10.2. The van der Waals surface area contributed by atoms with Crippen molar-refractivity contribution in [1.82, 2.24) is 4.81 Å². The maximum absolute atomic E-state index is 11.3. The lowest BCUT2D eigenvalue weighted by Gasteiger charge is -2.41. The number of nitro groups is 1. The van der Waals surface area contributed by atoms with Crippen LogP contribution in [0.2, 0.25) is 0 Å². The van der Waals surface area contributed by atoms with Crippen molar-refractivity contribution < 1.29 is 9.13 Å². The van der Waals surface area contributed by atoms with Crippen LogP contribution in [0, 0.1) is 20.5 Å². The standard InChI is InChI=1S/C7H5N2O5S/c10-8(11)5-1-2-7-6(3-5)9(12,13)4-15(7)14/h1-3H,4H2/q-1. The highest BCUT2D eigenvalue weighted by molar-refractivity contribution is 7.85. The fraction of sp³-hybridized carbons (Fsp3) is 0.143. The molecule has 0 aromatic heterocycles.